The van der Waals surface area contributed by atoms with Crippen LogP contribution in [0.25, 0.3) is 0 Å². The molecule has 0 unspecified atom stereocenters. The van der Waals surface area contributed by atoms with Crippen molar-refractivity contribution in [2.75, 3.05) is 6.61 Å². The molecule has 124 valence electrons. The van der Waals surface area contributed by atoms with Gasteiger partial charge in [-0.15, -0.1) is 11.3 Å². The predicted octanol–water partition coefficient (Wildman–Crippen LogP) is 3.12. The monoisotopic (exact) mass is 334 g/mol. The van der Waals surface area contributed by atoms with Crippen molar-refractivity contribution in [3.05, 3.63) is 44.9 Å². The van der Waals surface area contributed by atoms with Crippen molar-refractivity contribution in [2.24, 2.45) is 0 Å². The van der Waals surface area contributed by atoms with Gasteiger partial charge in [-0.2, -0.15) is 0 Å². The quantitative estimate of drug-likeness (QED) is 0.764. The summed E-state index contributed by atoms with van der Waals surface area (Å²) in [5.41, 5.74) is 3.28. The zero-order valence-corrected chi connectivity index (χ0v) is 14.5. The number of hydrogen-bond donors (Lipinski definition) is 2. The van der Waals surface area contributed by atoms with Gasteiger partial charge in [-0.25, -0.2) is 4.79 Å². The van der Waals surface area contributed by atoms with Crippen LogP contribution >= 0.6 is 11.3 Å². The average molecular weight is 334 g/mol. The van der Waals surface area contributed by atoms with E-state index in [1.54, 1.807) is 18.3 Å². The summed E-state index contributed by atoms with van der Waals surface area (Å²) in [7, 11) is 0. The smallest absolute Gasteiger partial charge is 0.355 e. The van der Waals surface area contributed by atoms with Crippen LogP contribution in [0.3, 0.4) is 0 Å². The summed E-state index contributed by atoms with van der Waals surface area (Å²) < 4.78 is 5.03. The lowest BCUT2D eigenvalue weighted by Gasteiger charge is -2.05. The molecule has 0 radical (unpaired) electrons. The second kappa shape index (κ2) is 7.97. The van der Waals surface area contributed by atoms with Crippen LogP contribution in [0.2, 0.25) is 0 Å². The summed E-state index contributed by atoms with van der Waals surface area (Å²) in [6.45, 7) is 6.48. The molecule has 0 spiro atoms. The molecule has 5 nitrogen and oxygen atoms in total. The molecule has 0 aliphatic carbocycles. The fraction of sp³-hybridized carbons (Fsp3) is 0.412. The Hall–Kier alpha value is -2.08. The minimum Gasteiger partial charge on any atom is -0.461 e. The summed E-state index contributed by atoms with van der Waals surface area (Å²) in [6, 6.07) is 3.96. The number of amides is 1. The minimum atomic E-state index is -0.346. The number of aromatic amines is 1. The fourth-order valence-electron chi connectivity index (χ4n) is 2.50. The van der Waals surface area contributed by atoms with E-state index < -0.39 is 0 Å². The van der Waals surface area contributed by atoms with E-state index in [9.17, 15) is 9.59 Å². The van der Waals surface area contributed by atoms with Crippen molar-refractivity contribution in [3.63, 3.8) is 0 Å². The predicted molar refractivity (Wildman–Crippen MR) is 90.7 cm³/mol. The summed E-state index contributed by atoms with van der Waals surface area (Å²) in [5.74, 6) is -0.336. The largest absolute Gasteiger partial charge is 0.461 e. The van der Waals surface area contributed by atoms with Crippen LogP contribution in [-0.4, -0.2) is 23.5 Å². The molecule has 0 aliphatic heterocycles. The van der Waals surface area contributed by atoms with Crippen molar-refractivity contribution in [2.45, 2.75) is 40.2 Å². The fourth-order valence-corrected chi connectivity index (χ4v) is 3.14. The van der Waals surface area contributed by atoms with E-state index in [1.165, 1.54) is 0 Å². The zero-order chi connectivity index (χ0) is 16.8. The standard InChI is InChI=1S/C17H22N2O3S/c1-4-22-17(21)16-11(2)14(12(3)19-16)7-8-15(20)18-10-13-6-5-9-23-13/h5-6,9,19H,4,7-8,10H2,1-3H3,(H,18,20). The van der Waals surface area contributed by atoms with Gasteiger partial charge >= 0.3 is 5.97 Å². The first-order valence-electron chi connectivity index (χ1n) is 7.67. The summed E-state index contributed by atoms with van der Waals surface area (Å²) in [5, 5.41) is 4.90. The highest BCUT2D eigenvalue weighted by Crippen LogP contribution is 2.20. The van der Waals surface area contributed by atoms with Crippen molar-refractivity contribution in [1.29, 1.82) is 0 Å². The maximum Gasteiger partial charge on any atom is 0.355 e. The van der Waals surface area contributed by atoms with Crippen molar-refractivity contribution in [3.8, 4) is 0 Å². The van der Waals surface area contributed by atoms with Gasteiger partial charge in [0.2, 0.25) is 5.91 Å². The molecule has 0 aliphatic rings. The molecule has 2 aromatic rings. The van der Waals surface area contributed by atoms with E-state index in [4.69, 9.17) is 4.74 Å². The van der Waals surface area contributed by atoms with Crippen molar-refractivity contribution < 1.29 is 14.3 Å². The van der Waals surface area contributed by atoms with E-state index in [1.807, 2.05) is 31.4 Å². The highest BCUT2D eigenvalue weighted by molar-refractivity contribution is 7.09. The second-order valence-corrected chi connectivity index (χ2v) is 6.34. The van der Waals surface area contributed by atoms with E-state index >= 15 is 0 Å². The Labute approximate surface area is 140 Å². The molecule has 2 rings (SSSR count). The zero-order valence-electron chi connectivity index (χ0n) is 13.7. The molecular weight excluding hydrogens is 312 g/mol. The number of hydrogen-bond acceptors (Lipinski definition) is 4. The molecule has 1 amide bonds. The number of aromatic nitrogens is 1. The first-order valence-corrected chi connectivity index (χ1v) is 8.55. The third kappa shape index (κ3) is 4.45. The number of carbonyl (C=O) groups excluding carboxylic acids is 2. The van der Waals surface area contributed by atoms with Crippen LogP contribution < -0.4 is 5.32 Å². The Balaban J connectivity index is 1.92. The summed E-state index contributed by atoms with van der Waals surface area (Å²) in [6.07, 6.45) is 0.997. The molecule has 0 saturated carbocycles. The van der Waals surface area contributed by atoms with Crippen molar-refractivity contribution in [1.82, 2.24) is 10.3 Å². The Kier molecular flexibility index (Phi) is 5.98. The number of nitrogens with one attached hydrogen (secondary N) is 2. The van der Waals surface area contributed by atoms with Gasteiger partial charge in [0.05, 0.1) is 13.2 Å². The Bertz CT molecular complexity index is 674. The molecule has 0 atom stereocenters. The molecule has 2 aromatic heterocycles. The first kappa shape index (κ1) is 17.3. The average Bonchev–Trinajstić information content (AvgIpc) is 3.12. The number of ether oxygens (including phenoxy) is 1. The number of esters is 1. The lowest BCUT2D eigenvalue weighted by molar-refractivity contribution is -0.121. The van der Waals surface area contributed by atoms with Crippen LogP contribution in [-0.2, 0) is 22.5 Å². The van der Waals surface area contributed by atoms with E-state index in [0.717, 1.165) is 21.7 Å². The van der Waals surface area contributed by atoms with Gasteiger partial charge in [0, 0.05) is 17.0 Å². The number of rotatable bonds is 7. The normalized spacial score (nSPS) is 10.6. The highest BCUT2D eigenvalue weighted by Gasteiger charge is 2.18. The van der Waals surface area contributed by atoms with E-state index in [0.29, 0.717) is 31.7 Å². The molecular formula is C17H22N2O3S. The SMILES string of the molecule is CCOC(=O)c1[nH]c(C)c(CCC(=O)NCc2cccs2)c1C. The topological polar surface area (TPSA) is 71.2 Å². The Morgan fingerprint density at radius 2 is 2.13 bits per heavy atom. The number of H-pyrrole nitrogens is 1. The third-order valence-electron chi connectivity index (χ3n) is 3.71. The lowest BCUT2D eigenvalue weighted by atomic mass is 10.0. The van der Waals surface area contributed by atoms with E-state index in [-0.39, 0.29) is 11.9 Å². The van der Waals surface area contributed by atoms with Gasteiger partial charge in [0.15, 0.2) is 0 Å². The molecule has 6 heteroatoms. The molecule has 2 heterocycles. The Morgan fingerprint density at radius 1 is 1.35 bits per heavy atom. The van der Waals surface area contributed by atoms with Crippen LogP contribution in [0.15, 0.2) is 17.5 Å². The number of thiophene rings is 1. The number of aryl methyl sites for hydroxylation is 1. The van der Waals surface area contributed by atoms with Gasteiger partial charge in [0.1, 0.15) is 5.69 Å². The van der Waals surface area contributed by atoms with Gasteiger partial charge in [0.25, 0.3) is 0 Å². The van der Waals surface area contributed by atoms with Gasteiger partial charge in [-0.3, -0.25) is 4.79 Å². The molecule has 0 fully saturated rings. The maximum absolute atomic E-state index is 12.0. The molecule has 0 bridgehead atoms. The minimum absolute atomic E-state index is 0.0103. The van der Waals surface area contributed by atoms with Gasteiger partial charge < -0.3 is 15.0 Å². The summed E-state index contributed by atoms with van der Waals surface area (Å²) in [4.78, 5) is 28.0. The molecule has 23 heavy (non-hydrogen) atoms. The van der Waals surface area contributed by atoms with Crippen LogP contribution in [0.4, 0.5) is 0 Å². The third-order valence-corrected chi connectivity index (χ3v) is 4.59. The number of carbonyl (C=O) groups is 2. The second-order valence-electron chi connectivity index (χ2n) is 5.31. The maximum atomic E-state index is 12.0. The van der Waals surface area contributed by atoms with Gasteiger partial charge in [-0.05, 0) is 49.8 Å². The van der Waals surface area contributed by atoms with E-state index in [2.05, 4.69) is 10.3 Å². The Morgan fingerprint density at radius 3 is 2.78 bits per heavy atom. The van der Waals surface area contributed by atoms with Crippen molar-refractivity contribution >= 4 is 23.2 Å². The molecule has 0 saturated heterocycles. The summed E-state index contributed by atoms with van der Waals surface area (Å²) >= 11 is 1.62. The molecule has 0 aromatic carbocycles. The van der Waals surface area contributed by atoms with Crippen LogP contribution in [0.1, 0.15) is 45.5 Å². The van der Waals surface area contributed by atoms with Crippen LogP contribution in [0.5, 0.6) is 0 Å². The van der Waals surface area contributed by atoms with Crippen LogP contribution in [0, 0.1) is 13.8 Å². The first-order chi connectivity index (χ1) is 11.0. The molecule has 2 N–H and O–H groups in total. The lowest BCUT2D eigenvalue weighted by Crippen LogP contribution is -2.22. The highest BCUT2D eigenvalue weighted by atomic mass is 32.1. The van der Waals surface area contributed by atoms with Gasteiger partial charge in [-0.1, -0.05) is 6.07 Å².